The number of fused-ring (bicyclic) bond motifs is 1. The first kappa shape index (κ1) is 19.1. The molecule has 2 aromatic heterocycles. The number of hydrogen-bond donors (Lipinski definition) is 1. The van der Waals surface area contributed by atoms with Crippen LogP contribution in [0.5, 0.6) is 0 Å². The molecule has 152 valence electrons. The van der Waals surface area contributed by atoms with Gasteiger partial charge in [-0.2, -0.15) is 0 Å². The monoisotopic (exact) mass is 439 g/mol. The van der Waals surface area contributed by atoms with E-state index < -0.39 is 5.69 Å². The minimum absolute atomic E-state index is 0.335. The molecule has 2 aromatic carbocycles. The number of benzene rings is 2. The molecule has 3 heterocycles. The topological polar surface area (TPSA) is 67.3 Å². The van der Waals surface area contributed by atoms with Crippen LogP contribution < -0.4 is 16.1 Å². The van der Waals surface area contributed by atoms with Crippen LogP contribution in [-0.4, -0.2) is 35.9 Å². The second-order valence-electron chi connectivity index (χ2n) is 6.99. The first-order valence-corrected chi connectivity index (χ1v) is 10.8. The lowest BCUT2D eigenvalue weighted by Gasteiger charge is -2.30. The Morgan fingerprint density at radius 3 is 2.43 bits per heavy atom. The lowest BCUT2D eigenvalue weighted by Crippen LogP contribution is -2.39. The molecule has 0 bridgehead atoms. The van der Waals surface area contributed by atoms with E-state index in [1.807, 2.05) is 42.5 Å². The molecule has 0 radical (unpaired) electrons. The summed E-state index contributed by atoms with van der Waals surface area (Å²) >= 11 is 7.66. The van der Waals surface area contributed by atoms with Gasteiger partial charge in [0, 0.05) is 28.6 Å². The maximum atomic E-state index is 13.4. The van der Waals surface area contributed by atoms with E-state index in [1.165, 1.54) is 15.9 Å². The van der Waals surface area contributed by atoms with Crippen LogP contribution in [0.1, 0.15) is 0 Å². The predicted octanol–water partition coefficient (Wildman–Crippen LogP) is 3.90. The number of thiophene rings is 1. The van der Waals surface area contributed by atoms with Gasteiger partial charge in [0.25, 0.3) is 5.56 Å². The third-order valence-electron chi connectivity index (χ3n) is 5.19. The molecular weight excluding hydrogens is 422 g/mol. The molecule has 8 heteroatoms. The van der Waals surface area contributed by atoms with Crippen molar-refractivity contribution in [3.05, 3.63) is 80.5 Å². The highest BCUT2D eigenvalue weighted by molar-refractivity contribution is 7.22. The Bertz CT molecular complexity index is 1350. The highest BCUT2D eigenvalue weighted by Gasteiger charge is 2.20. The fourth-order valence-corrected chi connectivity index (χ4v) is 5.12. The molecule has 1 aliphatic heterocycles. The normalized spacial score (nSPS) is 14.4. The van der Waals surface area contributed by atoms with Crippen LogP contribution in [0.25, 0.3) is 26.3 Å². The number of ether oxygens (including phenoxy) is 1. The summed E-state index contributed by atoms with van der Waals surface area (Å²) in [4.78, 5) is 32.2. The van der Waals surface area contributed by atoms with E-state index in [9.17, 15) is 9.59 Å². The van der Waals surface area contributed by atoms with E-state index in [1.54, 1.807) is 12.1 Å². The van der Waals surface area contributed by atoms with Crippen LogP contribution in [0, 0.1) is 0 Å². The number of H-pyrrole nitrogens is 1. The summed E-state index contributed by atoms with van der Waals surface area (Å²) in [6.45, 7) is 2.65. The Labute approximate surface area is 180 Å². The number of morpholine rings is 1. The summed E-state index contributed by atoms with van der Waals surface area (Å²) < 4.78 is 7.15. The molecule has 1 saturated heterocycles. The van der Waals surface area contributed by atoms with Gasteiger partial charge in [0.05, 0.1) is 30.1 Å². The van der Waals surface area contributed by atoms with E-state index in [-0.39, 0.29) is 5.56 Å². The fraction of sp³-hybridized carbons (Fsp3) is 0.182. The summed E-state index contributed by atoms with van der Waals surface area (Å²) in [5.74, 6) is 0. The third kappa shape index (κ3) is 3.25. The standard InChI is InChI=1S/C22H18ClN3O3S/c23-15-6-2-1-5-14(15)19-13-16-20(30-19)21(27)26(22(28)24-16)18-8-4-3-7-17(18)25-9-11-29-12-10-25/h1-8,13H,9-12H2,(H,24,28). The fourth-order valence-electron chi connectivity index (χ4n) is 3.75. The first-order valence-electron chi connectivity index (χ1n) is 9.59. The first-order chi connectivity index (χ1) is 14.6. The van der Waals surface area contributed by atoms with Gasteiger partial charge in [0.15, 0.2) is 0 Å². The molecule has 0 amide bonds. The molecule has 1 N–H and O–H groups in total. The lowest BCUT2D eigenvalue weighted by molar-refractivity contribution is 0.122. The van der Waals surface area contributed by atoms with Gasteiger partial charge < -0.3 is 14.6 Å². The Kier molecular flexibility index (Phi) is 4.94. The maximum Gasteiger partial charge on any atom is 0.333 e. The number of para-hydroxylation sites is 2. The van der Waals surface area contributed by atoms with Crippen molar-refractivity contribution < 1.29 is 4.74 Å². The highest BCUT2D eigenvalue weighted by Crippen LogP contribution is 2.35. The van der Waals surface area contributed by atoms with Crippen LogP contribution in [0.15, 0.2) is 64.2 Å². The zero-order valence-electron chi connectivity index (χ0n) is 15.9. The molecule has 30 heavy (non-hydrogen) atoms. The molecule has 0 atom stereocenters. The van der Waals surface area contributed by atoms with E-state index in [0.29, 0.717) is 47.2 Å². The van der Waals surface area contributed by atoms with Crippen LogP contribution in [0.4, 0.5) is 5.69 Å². The second-order valence-corrected chi connectivity index (χ2v) is 8.45. The van der Waals surface area contributed by atoms with Crippen LogP contribution >= 0.6 is 22.9 Å². The molecule has 4 aromatic rings. The number of hydrogen-bond acceptors (Lipinski definition) is 5. The minimum Gasteiger partial charge on any atom is -0.378 e. The summed E-state index contributed by atoms with van der Waals surface area (Å²) in [6, 6.07) is 16.7. The van der Waals surface area contributed by atoms with Gasteiger partial charge in [-0.05, 0) is 24.3 Å². The average molecular weight is 440 g/mol. The van der Waals surface area contributed by atoms with Crippen LogP contribution in [0.2, 0.25) is 5.02 Å². The van der Waals surface area contributed by atoms with E-state index in [2.05, 4.69) is 9.88 Å². The molecule has 0 spiro atoms. The van der Waals surface area contributed by atoms with Gasteiger partial charge in [-0.25, -0.2) is 9.36 Å². The quantitative estimate of drug-likeness (QED) is 0.525. The summed E-state index contributed by atoms with van der Waals surface area (Å²) in [6.07, 6.45) is 0. The maximum absolute atomic E-state index is 13.4. The molecule has 5 rings (SSSR count). The zero-order chi connectivity index (χ0) is 20.7. The smallest absolute Gasteiger partial charge is 0.333 e. The van der Waals surface area contributed by atoms with Gasteiger partial charge in [0.2, 0.25) is 0 Å². The highest BCUT2D eigenvalue weighted by atomic mass is 35.5. The Morgan fingerprint density at radius 1 is 0.967 bits per heavy atom. The van der Waals surface area contributed by atoms with E-state index in [0.717, 1.165) is 16.1 Å². The second kappa shape index (κ2) is 7.75. The van der Waals surface area contributed by atoms with Crippen molar-refractivity contribution in [1.82, 2.24) is 9.55 Å². The SMILES string of the molecule is O=c1[nH]c2cc(-c3ccccc3Cl)sc2c(=O)n1-c1ccccc1N1CCOCC1. The average Bonchev–Trinajstić information content (AvgIpc) is 3.19. The molecule has 1 aliphatic rings. The molecular formula is C22H18ClN3O3S. The van der Waals surface area contributed by atoms with Crippen LogP contribution in [-0.2, 0) is 4.74 Å². The molecule has 0 aliphatic carbocycles. The van der Waals surface area contributed by atoms with Crippen molar-refractivity contribution in [2.45, 2.75) is 0 Å². The zero-order valence-corrected chi connectivity index (χ0v) is 17.5. The number of nitrogens with zero attached hydrogens (tertiary/aromatic N) is 2. The number of nitrogens with one attached hydrogen (secondary N) is 1. The number of rotatable bonds is 3. The van der Waals surface area contributed by atoms with E-state index in [4.69, 9.17) is 16.3 Å². The molecule has 1 fully saturated rings. The van der Waals surface area contributed by atoms with Gasteiger partial charge in [-0.15, -0.1) is 11.3 Å². The Morgan fingerprint density at radius 2 is 1.67 bits per heavy atom. The van der Waals surface area contributed by atoms with Crippen molar-refractivity contribution in [1.29, 1.82) is 0 Å². The predicted molar refractivity (Wildman–Crippen MR) is 122 cm³/mol. The molecule has 6 nitrogen and oxygen atoms in total. The van der Waals surface area contributed by atoms with Gasteiger partial charge in [-0.1, -0.05) is 41.9 Å². The van der Waals surface area contributed by atoms with Crippen molar-refractivity contribution in [2.75, 3.05) is 31.2 Å². The third-order valence-corrected chi connectivity index (χ3v) is 6.67. The van der Waals surface area contributed by atoms with Crippen molar-refractivity contribution in [2.24, 2.45) is 0 Å². The van der Waals surface area contributed by atoms with Crippen molar-refractivity contribution in [3.8, 4) is 16.1 Å². The largest absolute Gasteiger partial charge is 0.378 e. The molecule has 0 unspecified atom stereocenters. The van der Waals surface area contributed by atoms with E-state index >= 15 is 0 Å². The van der Waals surface area contributed by atoms with Crippen molar-refractivity contribution >= 4 is 38.8 Å². The van der Waals surface area contributed by atoms with Gasteiger partial charge >= 0.3 is 5.69 Å². The number of anilines is 1. The Balaban J connectivity index is 1.69. The van der Waals surface area contributed by atoms with Crippen LogP contribution in [0.3, 0.4) is 0 Å². The van der Waals surface area contributed by atoms with Crippen molar-refractivity contribution in [3.63, 3.8) is 0 Å². The number of halogens is 1. The number of aromatic amines is 1. The summed E-state index contributed by atoms with van der Waals surface area (Å²) in [7, 11) is 0. The molecule has 0 saturated carbocycles. The Hall–Kier alpha value is -2.87. The summed E-state index contributed by atoms with van der Waals surface area (Å²) in [5.41, 5.74) is 1.97. The van der Waals surface area contributed by atoms with Gasteiger partial charge in [0.1, 0.15) is 4.70 Å². The lowest BCUT2D eigenvalue weighted by atomic mass is 10.2. The minimum atomic E-state index is -0.461. The number of aromatic nitrogens is 2. The van der Waals surface area contributed by atoms with Gasteiger partial charge in [-0.3, -0.25) is 4.79 Å². The summed E-state index contributed by atoms with van der Waals surface area (Å²) in [5, 5.41) is 0.601.